The predicted octanol–water partition coefficient (Wildman–Crippen LogP) is 1.54. The first-order valence-corrected chi connectivity index (χ1v) is 6.85. The Morgan fingerprint density at radius 1 is 1.42 bits per heavy atom. The number of rotatable bonds is 5. The Kier molecular flexibility index (Phi) is 4.59. The second-order valence-corrected chi connectivity index (χ2v) is 5.18. The molecule has 0 aliphatic rings. The molecular formula is C13H16N4OS. The molecule has 1 atom stereocenters. The number of carbonyl (C=O) groups excluding carboxylic acids is 1. The van der Waals surface area contributed by atoms with Gasteiger partial charge in [-0.15, -0.1) is 11.3 Å². The Morgan fingerprint density at radius 2 is 2.26 bits per heavy atom. The van der Waals surface area contributed by atoms with E-state index in [-0.39, 0.29) is 11.9 Å². The summed E-state index contributed by atoms with van der Waals surface area (Å²) in [6.45, 7) is 2.60. The van der Waals surface area contributed by atoms with E-state index >= 15 is 0 Å². The molecule has 2 rings (SSSR count). The highest BCUT2D eigenvalue weighted by Gasteiger charge is 2.12. The summed E-state index contributed by atoms with van der Waals surface area (Å²) in [6.07, 6.45) is 3.30. The molecule has 0 radical (unpaired) electrons. The van der Waals surface area contributed by atoms with E-state index in [1.54, 1.807) is 12.4 Å². The lowest BCUT2D eigenvalue weighted by molar-refractivity contribution is 0.0954. The summed E-state index contributed by atoms with van der Waals surface area (Å²) in [4.78, 5) is 21.0. The monoisotopic (exact) mass is 276 g/mol. The standard InChI is InChI=1S/C13H16N4OS/c1-9(14-2)7-16-12(18)11-8-17-13(19-11)10-5-3-4-6-15-10/h3-6,8-9,14H,7H2,1-2H3,(H,16,18). The van der Waals surface area contributed by atoms with Crippen molar-refractivity contribution in [3.63, 3.8) is 0 Å². The Bertz CT molecular complexity index is 541. The fourth-order valence-corrected chi connectivity index (χ4v) is 2.23. The fraction of sp³-hybridized carbons (Fsp3) is 0.308. The molecule has 0 saturated carbocycles. The van der Waals surface area contributed by atoms with Gasteiger partial charge in [0.25, 0.3) is 5.91 Å². The van der Waals surface area contributed by atoms with Gasteiger partial charge in [-0.2, -0.15) is 0 Å². The summed E-state index contributed by atoms with van der Waals surface area (Å²) in [6, 6.07) is 5.87. The largest absolute Gasteiger partial charge is 0.350 e. The van der Waals surface area contributed by atoms with E-state index in [0.29, 0.717) is 11.4 Å². The number of hydrogen-bond donors (Lipinski definition) is 2. The highest BCUT2D eigenvalue weighted by Crippen LogP contribution is 2.22. The van der Waals surface area contributed by atoms with Gasteiger partial charge < -0.3 is 10.6 Å². The Balaban J connectivity index is 2.03. The zero-order valence-corrected chi connectivity index (χ0v) is 11.7. The third kappa shape index (κ3) is 3.59. The SMILES string of the molecule is CNC(C)CNC(=O)c1cnc(-c2ccccn2)s1. The molecule has 0 fully saturated rings. The van der Waals surface area contributed by atoms with Crippen LogP contribution in [0.4, 0.5) is 0 Å². The molecule has 2 aromatic heterocycles. The molecule has 2 N–H and O–H groups in total. The predicted molar refractivity (Wildman–Crippen MR) is 76.2 cm³/mol. The number of aromatic nitrogens is 2. The number of nitrogens with one attached hydrogen (secondary N) is 2. The van der Waals surface area contributed by atoms with E-state index < -0.39 is 0 Å². The van der Waals surface area contributed by atoms with Gasteiger partial charge in [0.15, 0.2) is 0 Å². The van der Waals surface area contributed by atoms with E-state index in [4.69, 9.17) is 0 Å². The summed E-state index contributed by atoms with van der Waals surface area (Å²) in [5.41, 5.74) is 0.787. The minimum Gasteiger partial charge on any atom is -0.350 e. The molecule has 0 spiro atoms. The molecule has 1 unspecified atom stereocenters. The molecule has 0 aliphatic heterocycles. The van der Waals surface area contributed by atoms with Crippen molar-refractivity contribution in [1.82, 2.24) is 20.6 Å². The van der Waals surface area contributed by atoms with Gasteiger partial charge >= 0.3 is 0 Å². The van der Waals surface area contributed by atoms with Gasteiger partial charge in [0.1, 0.15) is 9.88 Å². The normalized spacial score (nSPS) is 12.1. The molecule has 6 heteroatoms. The van der Waals surface area contributed by atoms with E-state index in [1.165, 1.54) is 11.3 Å². The second kappa shape index (κ2) is 6.40. The molecule has 19 heavy (non-hydrogen) atoms. The zero-order valence-electron chi connectivity index (χ0n) is 10.9. The molecule has 2 heterocycles. The molecule has 0 bridgehead atoms. The molecular weight excluding hydrogens is 260 g/mol. The number of hydrogen-bond acceptors (Lipinski definition) is 5. The van der Waals surface area contributed by atoms with Gasteiger partial charge in [-0.1, -0.05) is 6.07 Å². The highest BCUT2D eigenvalue weighted by molar-refractivity contribution is 7.16. The first-order chi connectivity index (χ1) is 9.20. The lowest BCUT2D eigenvalue weighted by atomic mass is 10.3. The van der Waals surface area contributed by atoms with Crippen molar-refractivity contribution < 1.29 is 4.79 Å². The van der Waals surface area contributed by atoms with Crippen molar-refractivity contribution >= 4 is 17.2 Å². The van der Waals surface area contributed by atoms with Crippen LogP contribution in [-0.4, -0.2) is 35.5 Å². The van der Waals surface area contributed by atoms with E-state index in [2.05, 4.69) is 20.6 Å². The van der Waals surface area contributed by atoms with Crippen molar-refractivity contribution in [2.24, 2.45) is 0 Å². The van der Waals surface area contributed by atoms with Gasteiger partial charge in [0, 0.05) is 18.8 Å². The number of carbonyl (C=O) groups is 1. The smallest absolute Gasteiger partial charge is 0.263 e. The molecule has 5 nitrogen and oxygen atoms in total. The van der Waals surface area contributed by atoms with Crippen LogP contribution < -0.4 is 10.6 Å². The van der Waals surface area contributed by atoms with Crippen molar-refractivity contribution in [1.29, 1.82) is 0 Å². The van der Waals surface area contributed by atoms with Gasteiger partial charge in [0.2, 0.25) is 0 Å². The van der Waals surface area contributed by atoms with Gasteiger partial charge in [0.05, 0.1) is 11.9 Å². The van der Waals surface area contributed by atoms with Crippen molar-refractivity contribution in [3.8, 4) is 10.7 Å². The van der Waals surface area contributed by atoms with Crippen LogP contribution >= 0.6 is 11.3 Å². The quantitative estimate of drug-likeness (QED) is 0.869. The summed E-state index contributed by atoms with van der Waals surface area (Å²) >= 11 is 1.35. The Labute approximate surface area is 116 Å². The van der Waals surface area contributed by atoms with Crippen molar-refractivity contribution in [2.75, 3.05) is 13.6 Å². The van der Waals surface area contributed by atoms with Crippen molar-refractivity contribution in [2.45, 2.75) is 13.0 Å². The fourth-order valence-electron chi connectivity index (χ4n) is 1.42. The Morgan fingerprint density at radius 3 is 2.95 bits per heavy atom. The maximum Gasteiger partial charge on any atom is 0.263 e. The summed E-state index contributed by atoms with van der Waals surface area (Å²) in [5.74, 6) is -0.0956. The van der Waals surface area contributed by atoms with Crippen LogP contribution in [-0.2, 0) is 0 Å². The first-order valence-electron chi connectivity index (χ1n) is 6.03. The maximum absolute atomic E-state index is 11.9. The van der Waals surface area contributed by atoms with E-state index in [1.807, 2.05) is 32.2 Å². The van der Waals surface area contributed by atoms with Gasteiger partial charge in [-0.25, -0.2) is 4.98 Å². The summed E-state index contributed by atoms with van der Waals surface area (Å²) in [5, 5.41) is 6.69. The number of thiazole rings is 1. The third-order valence-corrected chi connectivity index (χ3v) is 3.69. The maximum atomic E-state index is 11.9. The van der Waals surface area contributed by atoms with E-state index in [0.717, 1.165) is 10.7 Å². The van der Waals surface area contributed by atoms with Crippen LogP contribution in [0.2, 0.25) is 0 Å². The summed E-state index contributed by atoms with van der Waals surface area (Å²) in [7, 11) is 1.86. The van der Waals surface area contributed by atoms with Crippen LogP contribution in [0, 0.1) is 0 Å². The minimum absolute atomic E-state index is 0.0956. The van der Waals surface area contributed by atoms with Crippen LogP contribution in [0.3, 0.4) is 0 Å². The summed E-state index contributed by atoms with van der Waals surface area (Å²) < 4.78 is 0. The zero-order chi connectivity index (χ0) is 13.7. The average molecular weight is 276 g/mol. The average Bonchev–Trinajstić information content (AvgIpc) is 2.95. The molecule has 1 amide bonds. The first kappa shape index (κ1) is 13.6. The van der Waals surface area contributed by atoms with Crippen LogP contribution in [0.1, 0.15) is 16.6 Å². The molecule has 0 aromatic carbocycles. The lowest BCUT2D eigenvalue weighted by Crippen LogP contribution is -2.36. The molecule has 0 aliphatic carbocycles. The minimum atomic E-state index is -0.0956. The second-order valence-electron chi connectivity index (χ2n) is 4.14. The molecule has 100 valence electrons. The van der Waals surface area contributed by atoms with E-state index in [9.17, 15) is 4.79 Å². The van der Waals surface area contributed by atoms with Gasteiger partial charge in [-0.05, 0) is 26.1 Å². The lowest BCUT2D eigenvalue weighted by Gasteiger charge is -2.10. The molecule has 2 aromatic rings. The number of pyridine rings is 1. The highest BCUT2D eigenvalue weighted by atomic mass is 32.1. The van der Waals surface area contributed by atoms with Crippen LogP contribution in [0.15, 0.2) is 30.6 Å². The van der Waals surface area contributed by atoms with Crippen LogP contribution in [0.5, 0.6) is 0 Å². The topological polar surface area (TPSA) is 66.9 Å². The Hall–Kier alpha value is -1.79. The number of amides is 1. The molecule has 0 saturated heterocycles. The van der Waals surface area contributed by atoms with Crippen molar-refractivity contribution in [3.05, 3.63) is 35.5 Å². The third-order valence-electron chi connectivity index (χ3n) is 2.68. The van der Waals surface area contributed by atoms with Crippen LogP contribution in [0.25, 0.3) is 10.7 Å². The van der Waals surface area contributed by atoms with Gasteiger partial charge in [-0.3, -0.25) is 9.78 Å². The number of likely N-dealkylation sites (N-methyl/N-ethyl adjacent to an activating group) is 1. The number of nitrogens with zero attached hydrogens (tertiary/aromatic N) is 2.